The molecule has 1 aromatic heterocycles. The van der Waals surface area contributed by atoms with E-state index in [4.69, 9.17) is 0 Å². The molecule has 2 unspecified atom stereocenters. The third-order valence-corrected chi connectivity index (χ3v) is 5.17. The highest BCUT2D eigenvalue weighted by atomic mass is 16.1. The van der Waals surface area contributed by atoms with Crippen molar-refractivity contribution in [3.8, 4) is 0 Å². The number of likely N-dealkylation sites (tertiary alicyclic amines) is 1. The molecule has 150 valence electrons. The van der Waals surface area contributed by atoms with E-state index in [-0.39, 0.29) is 5.91 Å². The molecule has 1 saturated heterocycles. The summed E-state index contributed by atoms with van der Waals surface area (Å²) in [6, 6.07) is 12.0. The topological polar surface area (TPSA) is 61.4 Å². The molecule has 0 bridgehead atoms. The van der Waals surface area contributed by atoms with E-state index in [0.717, 1.165) is 29.8 Å². The first-order valence-corrected chi connectivity index (χ1v) is 10.00. The van der Waals surface area contributed by atoms with Crippen LogP contribution in [0.4, 0.5) is 5.82 Å². The Balaban J connectivity index is 1.50. The lowest BCUT2D eigenvalue weighted by Crippen LogP contribution is -2.38. The molecule has 0 spiro atoms. The van der Waals surface area contributed by atoms with Crippen LogP contribution in [0.3, 0.4) is 0 Å². The minimum Gasteiger partial charge on any atom is -0.361 e. The van der Waals surface area contributed by atoms with Gasteiger partial charge in [0.1, 0.15) is 0 Å². The van der Waals surface area contributed by atoms with Crippen molar-refractivity contribution in [3.63, 3.8) is 0 Å². The number of hydrogen-bond donors (Lipinski definition) is 1. The van der Waals surface area contributed by atoms with Gasteiger partial charge in [-0.15, -0.1) is 10.2 Å². The summed E-state index contributed by atoms with van der Waals surface area (Å²) < 4.78 is 0. The minimum absolute atomic E-state index is 0.210. The van der Waals surface area contributed by atoms with Crippen molar-refractivity contribution in [1.29, 1.82) is 0 Å². The van der Waals surface area contributed by atoms with Crippen LogP contribution in [0.25, 0.3) is 0 Å². The maximum atomic E-state index is 12.3. The summed E-state index contributed by atoms with van der Waals surface area (Å²) in [7, 11) is 3.78. The zero-order valence-corrected chi connectivity index (χ0v) is 17.4. The molecule has 28 heavy (non-hydrogen) atoms. The van der Waals surface area contributed by atoms with Crippen LogP contribution >= 0.6 is 0 Å². The Morgan fingerprint density at radius 1 is 1.04 bits per heavy atom. The van der Waals surface area contributed by atoms with Crippen molar-refractivity contribution in [2.45, 2.75) is 33.4 Å². The number of anilines is 1. The van der Waals surface area contributed by atoms with E-state index in [1.807, 2.05) is 19.0 Å². The van der Waals surface area contributed by atoms with Crippen LogP contribution < -0.4 is 10.2 Å². The van der Waals surface area contributed by atoms with Gasteiger partial charge in [0.05, 0.1) is 0 Å². The molecule has 1 aliphatic heterocycles. The molecule has 2 heterocycles. The van der Waals surface area contributed by atoms with Crippen molar-refractivity contribution in [3.05, 3.63) is 53.2 Å². The largest absolute Gasteiger partial charge is 0.361 e. The summed E-state index contributed by atoms with van der Waals surface area (Å²) in [6.07, 6.45) is 1.33. The molecule has 1 aromatic carbocycles. The van der Waals surface area contributed by atoms with Gasteiger partial charge in [0.2, 0.25) is 0 Å². The Hall–Kier alpha value is -2.47. The van der Waals surface area contributed by atoms with E-state index in [9.17, 15) is 4.79 Å². The van der Waals surface area contributed by atoms with E-state index in [1.165, 1.54) is 25.1 Å². The lowest BCUT2D eigenvalue weighted by Gasteiger charge is -2.35. The van der Waals surface area contributed by atoms with Gasteiger partial charge in [-0.2, -0.15) is 0 Å². The first-order valence-electron chi connectivity index (χ1n) is 10.00. The predicted octanol–water partition coefficient (Wildman–Crippen LogP) is 2.95. The molecule has 1 amide bonds. The first-order chi connectivity index (χ1) is 13.4. The Morgan fingerprint density at radius 2 is 1.68 bits per heavy atom. The SMILES string of the molecule is CC1CC(C)CN(Cc2ccc(CNC(=O)c3ccc(N(C)C)nn3)cc2)C1. The number of hydrogen-bond acceptors (Lipinski definition) is 5. The molecule has 0 saturated carbocycles. The van der Waals surface area contributed by atoms with Gasteiger partial charge in [0.15, 0.2) is 11.5 Å². The van der Waals surface area contributed by atoms with Crippen LogP contribution in [0, 0.1) is 11.8 Å². The zero-order valence-electron chi connectivity index (χ0n) is 17.4. The van der Waals surface area contributed by atoms with Crippen molar-refractivity contribution >= 4 is 11.7 Å². The van der Waals surface area contributed by atoms with Gasteiger partial charge in [-0.05, 0) is 41.5 Å². The van der Waals surface area contributed by atoms with Gasteiger partial charge < -0.3 is 10.2 Å². The number of aromatic nitrogens is 2. The molecular formula is C22H31N5O. The Bertz CT molecular complexity index is 763. The minimum atomic E-state index is -0.210. The highest BCUT2D eigenvalue weighted by Gasteiger charge is 2.21. The maximum Gasteiger partial charge on any atom is 0.272 e. The van der Waals surface area contributed by atoms with E-state index in [2.05, 4.69) is 58.5 Å². The molecule has 3 rings (SSSR count). The molecule has 1 N–H and O–H groups in total. The number of amides is 1. The predicted molar refractivity (Wildman–Crippen MR) is 112 cm³/mol. The monoisotopic (exact) mass is 381 g/mol. The van der Waals surface area contributed by atoms with Crippen LogP contribution in [0.15, 0.2) is 36.4 Å². The third-order valence-electron chi connectivity index (χ3n) is 5.17. The van der Waals surface area contributed by atoms with Crippen molar-refractivity contribution < 1.29 is 4.79 Å². The van der Waals surface area contributed by atoms with Crippen molar-refractivity contribution in [1.82, 2.24) is 20.4 Å². The maximum absolute atomic E-state index is 12.3. The second-order valence-corrected chi connectivity index (χ2v) is 8.31. The molecule has 0 radical (unpaired) electrons. The fourth-order valence-electron chi connectivity index (χ4n) is 3.90. The molecule has 6 nitrogen and oxygen atoms in total. The Morgan fingerprint density at radius 3 is 2.25 bits per heavy atom. The van der Waals surface area contributed by atoms with Crippen molar-refractivity contribution in [2.24, 2.45) is 11.8 Å². The highest BCUT2D eigenvalue weighted by Crippen LogP contribution is 2.22. The van der Waals surface area contributed by atoms with E-state index in [1.54, 1.807) is 12.1 Å². The summed E-state index contributed by atoms with van der Waals surface area (Å²) >= 11 is 0. The lowest BCUT2D eigenvalue weighted by atomic mass is 9.91. The number of carbonyl (C=O) groups excluding carboxylic acids is 1. The Labute approximate surface area is 168 Å². The van der Waals surface area contributed by atoms with Gasteiger partial charge in [-0.3, -0.25) is 9.69 Å². The number of rotatable bonds is 6. The fraction of sp³-hybridized carbons (Fsp3) is 0.500. The third kappa shape index (κ3) is 5.52. The summed E-state index contributed by atoms with van der Waals surface area (Å²) in [4.78, 5) is 16.7. The number of piperidine rings is 1. The van der Waals surface area contributed by atoms with E-state index < -0.39 is 0 Å². The van der Waals surface area contributed by atoms with Crippen LogP contribution in [-0.2, 0) is 13.1 Å². The first kappa shape index (κ1) is 20.3. The summed E-state index contributed by atoms with van der Waals surface area (Å²) in [5, 5.41) is 10.9. The molecule has 0 aliphatic carbocycles. The number of benzene rings is 1. The highest BCUT2D eigenvalue weighted by molar-refractivity contribution is 5.92. The van der Waals surface area contributed by atoms with E-state index >= 15 is 0 Å². The van der Waals surface area contributed by atoms with Crippen LogP contribution in [0.5, 0.6) is 0 Å². The van der Waals surface area contributed by atoms with Gasteiger partial charge in [-0.1, -0.05) is 38.1 Å². The summed E-state index contributed by atoms with van der Waals surface area (Å²) in [5.74, 6) is 2.06. The molecule has 6 heteroatoms. The molecule has 1 fully saturated rings. The number of nitrogens with zero attached hydrogens (tertiary/aromatic N) is 4. The summed E-state index contributed by atoms with van der Waals surface area (Å²) in [5.41, 5.74) is 2.73. The average Bonchev–Trinajstić information content (AvgIpc) is 2.66. The van der Waals surface area contributed by atoms with Crippen LogP contribution in [-0.4, -0.2) is 48.2 Å². The van der Waals surface area contributed by atoms with Gasteiger partial charge in [-0.25, -0.2) is 0 Å². The Kier molecular flexibility index (Phi) is 6.62. The van der Waals surface area contributed by atoms with Gasteiger partial charge in [0, 0.05) is 40.3 Å². The second-order valence-electron chi connectivity index (χ2n) is 8.31. The normalized spacial score (nSPS) is 20.0. The second kappa shape index (κ2) is 9.15. The van der Waals surface area contributed by atoms with Gasteiger partial charge >= 0.3 is 0 Å². The quantitative estimate of drug-likeness (QED) is 0.834. The zero-order chi connectivity index (χ0) is 20.1. The molecule has 1 aliphatic rings. The van der Waals surface area contributed by atoms with Crippen molar-refractivity contribution in [2.75, 3.05) is 32.1 Å². The fourth-order valence-corrected chi connectivity index (χ4v) is 3.90. The standard InChI is InChI=1S/C22H31N5O/c1-16-11-17(2)14-27(13-16)15-19-7-5-18(6-8-19)12-23-22(28)20-9-10-21(25-24-20)26(3)4/h5-10,16-17H,11-15H2,1-4H3,(H,23,28). The number of nitrogens with one attached hydrogen (secondary N) is 1. The molecular weight excluding hydrogens is 350 g/mol. The lowest BCUT2D eigenvalue weighted by molar-refractivity contribution is 0.0945. The number of carbonyl (C=O) groups is 1. The van der Waals surface area contributed by atoms with Crippen LogP contribution in [0.1, 0.15) is 41.9 Å². The smallest absolute Gasteiger partial charge is 0.272 e. The van der Waals surface area contributed by atoms with Gasteiger partial charge in [0.25, 0.3) is 5.91 Å². The molecule has 2 atom stereocenters. The van der Waals surface area contributed by atoms with E-state index in [0.29, 0.717) is 12.2 Å². The van der Waals surface area contributed by atoms with Crippen LogP contribution in [0.2, 0.25) is 0 Å². The summed E-state index contributed by atoms with van der Waals surface area (Å²) in [6.45, 7) is 8.51. The molecule has 2 aromatic rings. The average molecular weight is 382 g/mol.